The molecule has 0 radical (unpaired) electrons. The molecule has 1 aliphatic rings. The molecule has 0 amide bonds. The van der Waals surface area contributed by atoms with E-state index in [0.29, 0.717) is 5.92 Å². The summed E-state index contributed by atoms with van der Waals surface area (Å²) in [6.07, 6.45) is 8.91. The van der Waals surface area contributed by atoms with E-state index in [2.05, 4.69) is 20.8 Å². The Bertz CT molecular complexity index is 205. The molecular weight excluding hydrogens is 236 g/mol. The number of ether oxygens (including phenoxy) is 2. The zero-order valence-corrected chi connectivity index (χ0v) is 13.3. The van der Waals surface area contributed by atoms with Crippen LogP contribution in [0.4, 0.5) is 0 Å². The summed E-state index contributed by atoms with van der Waals surface area (Å²) in [5.74, 6) is 2.24. The van der Waals surface area contributed by atoms with Crippen molar-refractivity contribution in [2.45, 2.75) is 65.7 Å². The van der Waals surface area contributed by atoms with Gasteiger partial charge in [-0.1, -0.05) is 46.5 Å². The first kappa shape index (κ1) is 17.0. The van der Waals surface area contributed by atoms with Gasteiger partial charge in [0.1, 0.15) is 0 Å². The summed E-state index contributed by atoms with van der Waals surface area (Å²) >= 11 is 0. The van der Waals surface area contributed by atoms with Gasteiger partial charge in [0, 0.05) is 26.4 Å². The maximum absolute atomic E-state index is 5.89. The Morgan fingerprint density at radius 3 is 2.16 bits per heavy atom. The Labute approximate surface area is 120 Å². The van der Waals surface area contributed by atoms with Crippen LogP contribution in [0.25, 0.3) is 0 Å². The van der Waals surface area contributed by atoms with E-state index in [-0.39, 0.29) is 0 Å². The van der Waals surface area contributed by atoms with E-state index in [4.69, 9.17) is 9.47 Å². The molecule has 0 bridgehead atoms. The average molecular weight is 270 g/mol. The first-order chi connectivity index (χ1) is 9.29. The van der Waals surface area contributed by atoms with Gasteiger partial charge in [-0.25, -0.2) is 0 Å². The lowest BCUT2D eigenvalue weighted by atomic mass is 9.73. The van der Waals surface area contributed by atoms with Crippen molar-refractivity contribution in [2.24, 2.45) is 17.8 Å². The highest BCUT2D eigenvalue weighted by Gasteiger charge is 2.30. The molecule has 1 aliphatic carbocycles. The van der Waals surface area contributed by atoms with E-state index < -0.39 is 0 Å². The lowest BCUT2D eigenvalue weighted by Crippen LogP contribution is -2.33. The molecule has 19 heavy (non-hydrogen) atoms. The SMILES string of the molecule is CCCCOCC1CCCC(C)C1COCCCC. The van der Waals surface area contributed by atoms with Crippen LogP contribution in [0, 0.1) is 17.8 Å². The van der Waals surface area contributed by atoms with Gasteiger partial charge in [0.15, 0.2) is 0 Å². The lowest BCUT2D eigenvalue weighted by molar-refractivity contribution is -0.00827. The third kappa shape index (κ3) is 6.76. The monoisotopic (exact) mass is 270 g/mol. The summed E-state index contributed by atoms with van der Waals surface area (Å²) in [7, 11) is 0. The van der Waals surface area contributed by atoms with E-state index in [0.717, 1.165) is 38.3 Å². The van der Waals surface area contributed by atoms with Crippen molar-refractivity contribution in [1.82, 2.24) is 0 Å². The molecule has 0 aliphatic heterocycles. The zero-order valence-electron chi connectivity index (χ0n) is 13.3. The molecule has 0 saturated heterocycles. The summed E-state index contributed by atoms with van der Waals surface area (Å²) in [5, 5.41) is 0. The highest BCUT2D eigenvalue weighted by atomic mass is 16.5. The Balaban J connectivity index is 2.28. The minimum Gasteiger partial charge on any atom is -0.381 e. The maximum atomic E-state index is 5.89. The van der Waals surface area contributed by atoms with Gasteiger partial charge in [-0.05, 0) is 37.0 Å². The molecule has 1 saturated carbocycles. The number of rotatable bonds is 10. The van der Waals surface area contributed by atoms with E-state index >= 15 is 0 Å². The van der Waals surface area contributed by atoms with Gasteiger partial charge in [0.05, 0.1) is 0 Å². The van der Waals surface area contributed by atoms with E-state index in [1.807, 2.05) is 0 Å². The zero-order chi connectivity index (χ0) is 13.9. The molecule has 0 aromatic carbocycles. The summed E-state index contributed by atoms with van der Waals surface area (Å²) in [4.78, 5) is 0. The van der Waals surface area contributed by atoms with Crippen molar-refractivity contribution < 1.29 is 9.47 Å². The molecule has 3 unspecified atom stereocenters. The van der Waals surface area contributed by atoms with Crippen molar-refractivity contribution in [3.63, 3.8) is 0 Å². The van der Waals surface area contributed by atoms with Gasteiger partial charge in [-0.2, -0.15) is 0 Å². The Kier molecular flexibility index (Phi) is 9.54. The summed E-state index contributed by atoms with van der Waals surface area (Å²) < 4.78 is 11.8. The van der Waals surface area contributed by atoms with Gasteiger partial charge in [-0.15, -0.1) is 0 Å². The predicted octanol–water partition coefficient (Wildman–Crippen LogP) is 4.67. The molecule has 1 rings (SSSR count). The van der Waals surface area contributed by atoms with Gasteiger partial charge in [-0.3, -0.25) is 0 Å². The molecule has 2 nitrogen and oxygen atoms in total. The van der Waals surface area contributed by atoms with Gasteiger partial charge in [0.2, 0.25) is 0 Å². The van der Waals surface area contributed by atoms with Crippen LogP contribution >= 0.6 is 0 Å². The van der Waals surface area contributed by atoms with Crippen LogP contribution in [0.2, 0.25) is 0 Å². The third-order valence-electron chi connectivity index (χ3n) is 4.50. The fourth-order valence-corrected chi connectivity index (χ4v) is 3.05. The minimum absolute atomic E-state index is 0.715. The fourth-order valence-electron chi connectivity index (χ4n) is 3.05. The molecule has 114 valence electrons. The molecule has 2 heteroatoms. The van der Waals surface area contributed by atoms with Crippen LogP contribution in [-0.4, -0.2) is 26.4 Å². The summed E-state index contributed by atoms with van der Waals surface area (Å²) in [6.45, 7) is 10.6. The smallest absolute Gasteiger partial charge is 0.0500 e. The third-order valence-corrected chi connectivity index (χ3v) is 4.50. The van der Waals surface area contributed by atoms with Crippen LogP contribution in [-0.2, 0) is 9.47 Å². The van der Waals surface area contributed by atoms with E-state index in [1.54, 1.807) is 0 Å². The fraction of sp³-hybridized carbons (Fsp3) is 1.00. The standard InChI is InChI=1S/C17H34O2/c1-4-6-11-18-13-16-10-8-9-15(3)17(16)14-19-12-7-5-2/h15-17H,4-14H2,1-3H3. The topological polar surface area (TPSA) is 18.5 Å². The molecule has 0 aromatic heterocycles. The normalized spacial score (nSPS) is 27.6. The molecule has 1 fully saturated rings. The summed E-state index contributed by atoms with van der Waals surface area (Å²) in [5.41, 5.74) is 0. The van der Waals surface area contributed by atoms with Crippen LogP contribution in [0.15, 0.2) is 0 Å². The first-order valence-electron chi connectivity index (χ1n) is 8.45. The van der Waals surface area contributed by atoms with Crippen molar-refractivity contribution in [3.8, 4) is 0 Å². The van der Waals surface area contributed by atoms with Crippen LogP contribution in [0.5, 0.6) is 0 Å². The van der Waals surface area contributed by atoms with E-state index in [9.17, 15) is 0 Å². The Morgan fingerprint density at radius 2 is 1.53 bits per heavy atom. The van der Waals surface area contributed by atoms with Gasteiger partial charge in [0.25, 0.3) is 0 Å². The van der Waals surface area contributed by atoms with Crippen LogP contribution in [0.1, 0.15) is 65.7 Å². The summed E-state index contributed by atoms with van der Waals surface area (Å²) in [6, 6.07) is 0. The number of unbranched alkanes of at least 4 members (excludes halogenated alkanes) is 2. The quantitative estimate of drug-likeness (QED) is 0.537. The largest absolute Gasteiger partial charge is 0.381 e. The second-order valence-corrected chi connectivity index (χ2v) is 6.19. The van der Waals surface area contributed by atoms with Crippen molar-refractivity contribution in [2.75, 3.05) is 26.4 Å². The Morgan fingerprint density at radius 1 is 0.895 bits per heavy atom. The molecular formula is C17H34O2. The van der Waals surface area contributed by atoms with E-state index in [1.165, 1.54) is 44.9 Å². The molecule has 3 atom stereocenters. The second-order valence-electron chi connectivity index (χ2n) is 6.19. The maximum Gasteiger partial charge on any atom is 0.0500 e. The molecule has 0 N–H and O–H groups in total. The number of hydrogen-bond acceptors (Lipinski definition) is 2. The highest BCUT2D eigenvalue weighted by Crippen LogP contribution is 2.35. The predicted molar refractivity (Wildman–Crippen MR) is 81.4 cm³/mol. The molecule has 0 heterocycles. The first-order valence-corrected chi connectivity index (χ1v) is 8.45. The van der Waals surface area contributed by atoms with Gasteiger partial charge >= 0.3 is 0 Å². The Hall–Kier alpha value is -0.0800. The molecule has 0 spiro atoms. The van der Waals surface area contributed by atoms with Crippen molar-refractivity contribution in [3.05, 3.63) is 0 Å². The van der Waals surface area contributed by atoms with Crippen LogP contribution in [0.3, 0.4) is 0 Å². The van der Waals surface area contributed by atoms with Crippen molar-refractivity contribution in [1.29, 1.82) is 0 Å². The highest BCUT2D eigenvalue weighted by molar-refractivity contribution is 4.80. The molecule has 0 aromatic rings. The second kappa shape index (κ2) is 10.7. The minimum atomic E-state index is 0.715. The van der Waals surface area contributed by atoms with Crippen molar-refractivity contribution >= 4 is 0 Å². The van der Waals surface area contributed by atoms with Crippen LogP contribution < -0.4 is 0 Å². The van der Waals surface area contributed by atoms with Gasteiger partial charge < -0.3 is 9.47 Å². The lowest BCUT2D eigenvalue weighted by Gasteiger charge is -2.36. The average Bonchev–Trinajstić information content (AvgIpc) is 2.42. The number of hydrogen-bond donors (Lipinski definition) is 0.